The van der Waals surface area contributed by atoms with Gasteiger partial charge in [-0.25, -0.2) is 4.39 Å². The summed E-state index contributed by atoms with van der Waals surface area (Å²) in [7, 11) is 0. The van der Waals surface area contributed by atoms with Crippen molar-refractivity contribution in [2.75, 3.05) is 6.54 Å². The minimum absolute atomic E-state index is 0.0955. The number of rotatable bonds is 4. The summed E-state index contributed by atoms with van der Waals surface area (Å²) in [6.45, 7) is 5.32. The van der Waals surface area contributed by atoms with Gasteiger partial charge in [0, 0.05) is 4.47 Å². The number of hydrogen-bond acceptors (Lipinski definition) is 1. The van der Waals surface area contributed by atoms with Crippen LogP contribution < -0.4 is 5.73 Å². The minimum Gasteiger partial charge on any atom is -0.330 e. The van der Waals surface area contributed by atoms with E-state index in [0.29, 0.717) is 17.8 Å². The number of halogens is 2. The van der Waals surface area contributed by atoms with Crippen LogP contribution in [0, 0.1) is 29.5 Å². The molecule has 1 aliphatic rings. The van der Waals surface area contributed by atoms with Crippen molar-refractivity contribution in [2.24, 2.45) is 29.4 Å². The Hall–Kier alpha value is -0.410. The summed E-state index contributed by atoms with van der Waals surface area (Å²) in [5, 5.41) is 0. The average molecular weight is 342 g/mol. The normalized spacial score (nSPS) is 27.0. The molecule has 0 bridgehead atoms. The van der Waals surface area contributed by atoms with Gasteiger partial charge >= 0.3 is 0 Å². The van der Waals surface area contributed by atoms with Crippen molar-refractivity contribution in [1.29, 1.82) is 0 Å². The first-order valence-corrected chi connectivity index (χ1v) is 8.44. The highest BCUT2D eigenvalue weighted by Crippen LogP contribution is 2.39. The van der Waals surface area contributed by atoms with Crippen LogP contribution in [0.1, 0.15) is 38.7 Å². The van der Waals surface area contributed by atoms with Gasteiger partial charge in [0.2, 0.25) is 0 Å². The van der Waals surface area contributed by atoms with Crippen LogP contribution in [0.15, 0.2) is 22.7 Å². The van der Waals surface area contributed by atoms with E-state index in [1.54, 1.807) is 6.07 Å². The van der Waals surface area contributed by atoms with E-state index in [9.17, 15) is 4.39 Å². The minimum atomic E-state index is -0.0955. The summed E-state index contributed by atoms with van der Waals surface area (Å²) in [5.41, 5.74) is 6.76. The van der Waals surface area contributed by atoms with Crippen molar-refractivity contribution in [1.82, 2.24) is 0 Å². The fraction of sp³-hybridized carbons (Fsp3) is 0.647. The largest absolute Gasteiger partial charge is 0.330 e. The molecular formula is C17H25BrFN. The molecule has 3 heteroatoms. The van der Waals surface area contributed by atoms with Crippen molar-refractivity contribution in [3.05, 3.63) is 34.1 Å². The van der Waals surface area contributed by atoms with Crippen LogP contribution in [0.3, 0.4) is 0 Å². The van der Waals surface area contributed by atoms with Crippen LogP contribution in [-0.2, 0) is 6.42 Å². The lowest BCUT2D eigenvalue weighted by atomic mass is 9.69. The second kappa shape index (κ2) is 7.04. The lowest BCUT2D eigenvalue weighted by molar-refractivity contribution is 0.150. The summed E-state index contributed by atoms with van der Waals surface area (Å²) in [6.07, 6.45) is 4.49. The Morgan fingerprint density at radius 2 is 2.05 bits per heavy atom. The first-order chi connectivity index (χ1) is 9.51. The molecule has 1 aromatic carbocycles. The Kier molecular flexibility index (Phi) is 5.62. The van der Waals surface area contributed by atoms with Crippen molar-refractivity contribution in [3.63, 3.8) is 0 Å². The highest BCUT2D eigenvalue weighted by molar-refractivity contribution is 9.10. The van der Waals surface area contributed by atoms with Gasteiger partial charge in [-0.1, -0.05) is 35.8 Å². The summed E-state index contributed by atoms with van der Waals surface area (Å²) in [6, 6.07) is 5.40. The van der Waals surface area contributed by atoms with E-state index in [-0.39, 0.29) is 5.82 Å². The molecule has 0 saturated heterocycles. The van der Waals surface area contributed by atoms with Gasteiger partial charge in [0.25, 0.3) is 0 Å². The summed E-state index contributed by atoms with van der Waals surface area (Å²) >= 11 is 3.32. The van der Waals surface area contributed by atoms with Crippen LogP contribution in [0.25, 0.3) is 0 Å². The molecule has 0 spiro atoms. The zero-order chi connectivity index (χ0) is 14.7. The SMILES string of the molecule is CC(C)C1CCC(CN)C(Cc2ccc(Br)cc2F)C1. The number of benzene rings is 1. The van der Waals surface area contributed by atoms with Crippen LogP contribution in [0.2, 0.25) is 0 Å². The van der Waals surface area contributed by atoms with Gasteiger partial charge in [0.05, 0.1) is 0 Å². The van der Waals surface area contributed by atoms with Crippen molar-refractivity contribution < 1.29 is 4.39 Å². The van der Waals surface area contributed by atoms with Gasteiger partial charge in [-0.2, -0.15) is 0 Å². The molecular weight excluding hydrogens is 317 g/mol. The Morgan fingerprint density at radius 3 is 2.65 bits per heavy atom. The highest BCUT2D eigenvalue weighted by Gasteiger charge is 2.31. The predicted molar refractivity (Wildman–Crippen MR) is 86.0 cm³/mol. The fourth-order valence-electron chi connectivity index (χ4n) is 3.50. The standard InChI is InChI=1S/C17H25BrFN/c1-11(2)12-3-4-14(10-20)15(7-12)8-13-5-6-16(18)9-17(13)19/h5-6,9,11-12,14-15H,3-4,7-8,10,20H2,1-2H3. The Balaban J connectivity index is 2.11. The molecule has 1 aliphatic carbocycles. The smallest absolute Gasteiger partial charge is 0.127 e. The van der Waals surface area contributed by atoms with Crippen LogP contribution in [0.4, 0.5) is 4.39 Å². The summed E-state index contributed by atoms with van der Waals surface area (Å²) in [4.78, 5) is 0. The van der Waals surface area contributed by atoms with Crippen LogP contribution in [0.5, 0.6) is 0 Å². The first kappa shape index (κ1) is 16.0. The van der Waals surface area contributed by atoms with Crippen LogP contribution >= 0.6 is 15.9 Å². The van der Waals surface area contributed by atoms with Gasteiger partial charge < -0.3 is 5.73 Å². The lowest BCUT2D eigenvalue weighted by Gasteiger charge is -2.37. The molecule has 3 unspecified atom stereocenters. The van der Waals surface area contributed by atoms with Crippen molar-refractivity contribution >= 4 is 15.9 Å². The molecule has 1 saturated carbocycles. The maximum atomic E-state index is 14.0. The molecule has 2 N–H and O–H groups in total. The number of hydrogen-bond donors (Lipinski definition) is 1. The molecule has 1 fully saturated rings. The third-order valence-electron chi connectivity index (χ3n) is 4.92. The molecule has 3 atom stereocenters. The second-order valence-electron chi connectivity index (χ2n) is 6.51. The van der Waals surface area contributed by atoms with E-state index < -0.39 is 0 Å². The Bertz CT molecular complexity index is 447. The van der Waals surface area contributed by atoms with Crippen molar-refractivity contribution in [2.45, 2.75) is 39.5 Å². The Morgan fingerprint density at radius 1 is 1.30 bits per heavy atom. The fourth-order valence-corrected chi connectivity index (χ4v) is 3.83. The summed E-state index contributed by atoms with van der Waals surface area (Å²) in [5.74, 6) is 2.46. The first-order valence-electron chi connectivity index (χ1n) is 7.65. The van der Waals surface area contributed by atoms with E-state index in [4.69, 9.17) is 5.73 Å². The molecule has 0 aromatic heterocycles. The molecule has 0 amide bonds. The molecule has 2 rings (SSSR count). The van der Waals surface area contributed by atoms with Gasteiger partial charge in [-0.15, -0.1) is 0 Å². The van der Waals surface area contributed by atoms with E-state index in [1.807, 2.05) is 12.1 Å². The molecule has 1 nitrogen and oxygen atoms in total. The third kappa shape index (κ3) is 3.82. The zero-order valence-electron chi connectivity index (χ0n) is 12.4. The molecule has 20 heavy (non-hydrogen) atoms. The number of nitrogens with two attached hydrogens (primary N) is 1. The van der Waals surface area contributed by atoms with E-state index >= 15 is 0 Å². The molecule has 1 aromatic rings. The topological polar surface area (TPSA) is 26.0 Å². The lowest BCUT2D eigenvalue weighted by Crippen LogP contribution is -2.33. The maximum Gasteiger partial charge on any atom is 0.127 e. The monoisotopic (exact) mass is 341 g/mol. The highest BCUT2D eigenvalue weighted by atomic mass is 79.9. The quantitative estimate of drug-likeness (QED) is 0.837. The second-order valence-corrected chi connectivity index (χ2v) is 7.43. The van der Waals surface area contributed by atoms with Crippen molar-refractivity contribution in [3.8, 4) is 0 Å². The predicted octanol–water partition coefficient (Wildman–Crippen LogP) is 4.78. The average Bonchev–Trinajstić information content (AvgIpc) is 2.41. The van der Waals surface area contributed by atoms with Crippen LogP contribution in [-0.4, -0.2) is 6.54 Å². The molecule has 112 valence electrons. The molecule has 0 radical (unpaired) electrons. The molecule has 0 aliphatic heterocycles. The third-order valence-corrected chi connectivity index (χ3v) is 5.42. The van der Waals surface area contributed by atoms with E-state index in [0.717, 1.165) is 28.9 Å². The van der Waals surface area contributed by atoms with Gasteiger partial charge in [0.15, 0.2) is 0 Å². The molecule has 0 heterocycles. The van der Waals surface area contributed by atoms with E-state index in [1.165, 1.54) is 19.3 Å². The zero-order valence-corrected chi connectivity index (χ0v) is 14.0. The Labute approximate surface area is 130 Å². The van der Waals surface area contributed by atoms with Gasteiger partial charge in [-0.3, -0.25) is 0 Å². The van der Waals surface area contributed by atoms with E-state index in [2.05, 4.69) is 29.8 Å². The summed E-state index contributed by atoms with van der Waals surface area (Å²) < 4.78 is 14.8. The maximum absolute atomic E-state index is 14.0. The van der Waals surface area contributed by atoms with Gasteiger partial charge in [-0.05, 0) is 73.6 Å². The van der Waals surface area contributed by atoms with Gasteiger partial charge in [0.1, 0.15) is 5.82 Å².